The average Bonchev–Trinajstić information content (AvgIpc) is 1.85. The second kappa shape index (κ2) is 3.36. The van der Waals surface area contributed by atoms with Crippen molar-refractivity contribution in [2.45, 2.75) is 13.0 Å². The topological polar surface area (TPSA) is 59.1 Å². The van der Waals surface area contributed by atoms with Crippen LogP contribution in [0.3, 0.4) is 0 Å². The number of aliphatic hydroxyl groups excluding tert-OH is 1. The van der Waals surface area contributed by atoms with Crippen molar-refractivity contribution in [3.05, 3.63) is 21.5 Å². The summed E-state index contributed by atoms with van der Waals surface area (Å²) in [6.45, 7) is 1.64. The summed E-state index contributed by atoms with van der Waals surface area (Å²) in [5.41, 5.74) is 6.69. The van der Waals surface area contributed by atoms with Gasteiger partial charge in [0, 0.05) is 9.77 Å². The second-order valence-electron chi connectivity index (χ2n) is 2.30. The van der Waals surface area contributed by atoms with Gasteiger partial charge in [0.2, 0.25) is 0 Å². The van der Waals surface area contributed by atoms with Crippen molar-refractivity contribution in [1.29, 1.82) is 0 Å². The number of anilines is 1. The smallest absolute Gasteiger partial charge is 0.0952 e. The molecule has 0 aliphatic rings. The number of nitrogens with two attached hydrogens (primary N) is 1. The van der Waals surface area contributed by atoms with Crippen molar-refractivity contribution in [2.24, 2.45) is 0 Å². The molecule has 11 heavy (non-hydrogen) atoms. The fourth-order valence-corrected chi connectivity index (χ4v) is 1.29. The lowest BCUT2D eigenvalue weighted by atomic mass is 10.2. The second-order valence-corrected chi connectivity index (χ2v) is 3.55. The Morgan fingerprint density at radius 3 is 2.82 bits per heavy atom. The minimum Gasteiger partial charge on any atom is -0.397 e. The molecular formula is C7H9IN2O. The van der Waals surface area contributed by atoms with Crippen LogP contribution in [0.15, 0.2) is 12.3 Å². The van der Waals surface area contributed by atoms with Crippen LogP contribution in [0.4, 0.5) is 5.69 Å². The van der Waals surface area contributed by atoms with E-state index >= 15 is 0 Å². The number of aromatic nitrogens is 1. The molecule has 60 valence electrons. The monoisotopic (exact) mass is 264 g/mol. The molecule has 1 atom stereocenters. The van der Waals surface area contributed by atoms with Crippen LogP contribution in [0.2, 0.25) is 0 Å². The molecule has 0 bridgehead atoms. The van der Waals surface area contributed by atoms with E-state index in [1.54, 1.807) is 19.2 Å². The van der Waals surface area contributed by atoms with Crippen molar-refractivity contribution in [3.8, 4) is 0 Å². The summed E-state index contributed by atoms with van der Waals surface area (Å²) >= 11 is 2.12. The number of rotatable bonds is 1. The van der Waals surface area contributed by atoms with Crippen molar-refractivity contribution in [3.63, 3.8) is 0 Å². The molecule has 0 spiro atoms. The van der Waals surface area contributed by atoms with Gasteiger partial charge in [-0.25, -0.2) is 0 Å². The highest BCUT2D eigenvalue weighted by Gasteiger charge is 2.06. The molecule has 0 amide bonds. The van der Waals surface area contributed by atoms with E-state index in [0.717, 1.165) is 3.57 Å². The SMILES string of the molecule is CC(O)c1ncc(I)cc1N. The van der Waals surface area contributed by atoms with Gasteiger partial charge in [0.1, 0.15) is 0 Å². The van der Waals surface area contributed by atoms with Gasteiger partial charge in [-0.05, 0) is 35.6 Å². The molecule has 3 nitrogen and oxygen atoms in total. The van der Waals surface area contributed by atoms with Crippen LogP contribution in [-0.2, 0) is 0 Å². The van der Waals surface area contributed by atoms with Gasteiger partial charge in [-0.3, -0.25) is 4.98 Å². The first-order valence-corrected chi connectivity index (χ1v) is 4.28. The third-order valence-electron chi connectivity index (χ3n) is 1.31. The maximum atomic E-state index is 9.15. The Hall–Kier alpha value is -0.360. The summed E-state index contributed by atoms with van der Waals surface area (Å²) in [6.07, 6.45) is 1.09. The van der Waals surface area contributed by atoms with Gasteiger partial charge in [-0.1, -0.05) is 0 Å². The molecular weight excluding hydrogens is 255 g/mol. The van der Waals surface area contributed by atoms with Crippen LogP contribution in [0.5, 0.6) is 0 Å². The van der Waals surface area contributed by atoms with Crippen LogP contribution < -0.4 is 5.73 Å². The van der Waals surface area contributed by atoms with Crippen LogP contribution in [0.25, 0.3) is 0 Å². The highest BCUT2D eigenvalue weighted by molar-refractivity contribution is 14.1. The quantitative estimate of drug-likeness (QED) is 0.752. The molecule has 1 rings (SSSR count). The van der Waals surface area contributed by atoms with Gasteiger partial charge in [0.25, 0.3) is 0 Å². The third kappa shape index (κ3) is 2.03. The van der Waals surface area contributed by atoms with Crippen molar-refractivity contribution in [1.82, 2.24) is 4.98 Å². The van der Waals surface area contributed by atoms with Gasteiger partial charge in [0.05, 0.1) is 17.5 Å². The summed E-state index contributed by atoms with van der Waals surface area (Å²) in [7, 11) is 0. The summed E-state index contributed by atoms with van der Waals surface area (Å²) in [4.78, 5) is 3.99. The van der Waals surface area contributed by atoms with Gasteiger partial charge in [-0.2, -0.15) is 0 Å². The number of halogens is 1. The molecule has 0 aliphatic heterocycles. The van der Waals surface area contributed by atoms with Gasteiger partial charge in [-0.15, -0.1) is 0 Å². The molecule has 0 saturated heterocycles. The molecule has 4 heteroatoms. The molecule has 0 fully saturated rings. The zero-order valence-electron chi connectivity index (χ0n) is 6.08. The molecule has 1 aromatic rings. The molecule has 3 N–H and O–H groups in total. The summed E-state index contributed by atoms with van der Waals surface area (Å²) in [5.74, 6) is 0. The predicted octanol–water partition coefficient (Wildman–Crippen LogP) is 1.32. The molecule has 0 aliphatic carbocycles. The fourth-order valence-electron chi connectivity index (χ4n) is 0.815. The first kappa shape index (κ1) is 8.73. The van der Waals surface area contributed by atoms with E-state index in [2.05, 4.69) is 27.6 Å². The highest BCUT2D eigenvalue weighted by atomic mass is 127. The molecule has 1 aromatic heterocycles. The Balaban J connectivity index is 3.09. The normalized spacial score (nSPS) is 13.0. The maximum Gasteiger partial charge on any atom is 0.0952 e. The minimum absolute atomic E-state index is 0.547. The molecule has 1 unspecified atom stereocenters. The third-order valence-corrected chi connectivity index (χ3v) is 1.90. The van der Waals surface area contributed by atoms with Gasteiger partial charge >= 0.3 is 0 Å². The number of nitrogens with zero attached hydrogens (tertiary/aromatic N) is 1. The summed E-state index contributed by atoms with van der Waals surface area (Å²) in [5, 5.41) is 9.15. The Morgan fingerprint density at radius 2 is 2.36 bits per heavy atom. The summed E-state index contributed by atoms with van der Waals surface area (Å²) in [6, 6.07) is 1.79. The van der Waals surface area contributed by atoms with E-state index in [1.807, 2.05) is 0 Å². The van der Waals surface area contributed by atoms with Crippen molar-refractivity contribution >= 4 is 28.3 Å². The molecule has 1 heterocycles. The number of aliphatic hydroxyl groups is 1. The van der Waals surface area contributed by atoms with Gasteiger partial charge < -0.3 is 10.8 Å². The van der Waals surface area contributed by atoms with E-state index in [4.69, 9.17) is 10.8 Å². The lowest BCUT2D eigenvalue weighted by Gasteiger charge is -2.06. The van der Waals surface area contributed by atoms with E-state index < -0.39 is 6.10 Å². The lowest BCUT2D eigenvalue weighted by molar-refractivity contribution is 0.195. The maximum absolute atomic E-state index is 9.15. The number of pyridine rings is 1. The molecule has 0 aromatic carbocycles. The van der Waals surface area contributed by atoms with E-state index in [0.29, 0.717) is 11.4 Å². The zero-order valence-corrected chi connectivity index (χ0v) is 8.24. The first-order valence-electron chi connectivity index (χ1n) is 3.20. The molecule has 0 saturated carbocycles. The Morgan fingerprint density at radius 1 is 1.73 bits per heavy atom. The number of hydrogen-bond donors (Lipinski definition) is 2. The minimum atomic E-state index is -0.591. The predicted molar refractivity (Wildman–Crippen MR) is 52.0 cm³/mol. The van der Waals surface area contributed by atoms with E-state index in [9.17, 15) is 0 Å². The first-order chi connectivity index (χ1) is 5.11. The largest absolute Gasteiger partial charge is 0.397 e. The van der Waals surface area contributed by atoms with Crippen LogP contribution in [-0.4, -0.2) is 10.1 Å². The zero-order chi connectivity index (χ0) is 8.43. The van der Waals surface area contributed by atoms with Crippen LogP contribution in [0, 0.1) is 3.57 Å². The summed E-state index contributed by atoms with van der Waals surface area (Å²) < 4.78 is 0.976. The highest BCUT2D eigenvalue weighted by Crippen LogP contribution is 2.18. The Kier molecular flexibility index (Phi) is 2.67. The standard InChI is InChI=1S/C7H9IN2O/c1-4(11)7-6(9)2-5(8)3-10-7/h2-4,11H,9H2,1H3. The number of nitrogen functional groups attached to an aromatic ring is 1. The van der Waals surface area contributed by atoms with E-state index in [-0.39, 0.29) is 0 Å². The van der Waals surface area contributed by atoms with Crippen LogP contribution in [0.1, 0.15) is 18.7 Å². The Bertz CT molecular complexity index is 263. The average molecular weight is 264 g/mol. The molecule has 0 radical (unpaired) electrons. The number of hydrogen-bond acceptors (Lipinski definition) is 3. The Labute approximate surface area is 78.8 Å². The van der Waals surface area contributed by atoms with Crippen LogP contribution >= 0.6 is 22.6 Å². The fraction of sp³-hybridized carbons (Fsp3) is 0.286. The lowest BCUT2D eigenvalue weighted by Crippen LogP contribution is -2.01. The van der Waals surface area contributed by atoms with E-state index in [1.165, 1.54) is 0 Å². The van der Waals surface area contributed by atoms with Crippen molar-refractivity contribution in [2.75, 3.05) is 5.73 Å². The van der Waals surface area contributed by atoms with Crippen molar-refractivity contribution < 1.29 is 5.11 Å². The van der Waals surface area contributed by atoms with Gasteiger partial charge in [0.15, 0.2) is 0 Å².